The van der Waals surface area contributed by atoms with Gasteiger partial charge in [0.2, 0.25) is 0 Å². The molecule has 0 aliphatic rings. The van der Waals surface area contributed by atoms with Gasteiger partial charge in [-0.1, -0.05) is 13.0 Å². The van der Waals surface area contributed by atoms with Gasteiger partial charge in [0.1, 0.15) is 12.1 Å². The normalized spacial score (nSPS) is 13.6. The largest absolute Gasteiger partial charge is 0.416 e. The van der Waals surface area contributed by atoms with Gasteiger partial charge in [-0.05, 0) is 23.6 Å². The first-order valence-corrected chi connectivity index (χ1v) is 4.66. The van der Waals surface area contributed by atoms with E-state index in [-0.39, 0.29) is 12.0 Å². The molecule has 0 aliphatic carbocycles. The zero-order valence-corrected chi connectivity index (χ0v) is 8.51. The zero-order valence-electron chi connectivity index (χ0n) is 8.51. The Morgan fingerprint density at radius 3 is 2.50 bits per heavy atom. The van der Waals surface area contributed by atoms with Crippen LogP contribution in [-0.2, 0) is 11.0 Å². The quantitative estimate of drug-likeness (QED) is 0.577. The van der Waals surface area contributed by atoms with Gasteiger partial charge < -0.3 is 4.79 Å². The predicted molar refractivity (Wildman–Crippen MR) is 50.5 cm³/mol. The maximum Gasteiger partial charge on any atom is 0.416 e. The Bertz CT molecular complexity index is 384. The van der Waals surface area contributed by atoms with Crippen LogP contribution in [0.15, 0.2) is 18.2 Å². The summed E-state index contributed by atoms with van der Waals surface area (Å²) in [6.45, 7) is 1.50. The van der Waals surface area contributed by atoms with Crippen molar-refractivity contribution in [1.82, 2.24) is 0 Å². The second-order valence-corrected chi connectivity index (χ2v) is 3.53. The molecule has 1 rings (SSSR count). The Morgan fingerprint density at radius 2 is 2.00 bits per heavy atom. The van der Waals surface area contributed by atoms with Crippen LogP contribution in [0.2, 0.25) is 0 Å². The molecule has 1 aromatic carbocycles. The van der Waals surface area contributed by atoms with E-state index >= 15 is 0 Å². The van der Waals surface area contributed by atoms with Crippen molar-refractivity contribution in [2.75, 3.05) is 0 Å². The summed E-state index contributed by atoms with van der Waals surface area (Å²) in [5, 5.41) is 0. The van der Waals surface area contributed by atoms with Crippen LogP contribution < -0.4 is 0 Å². The lowest BCUT2D eigenvalue weighted by Gasteiger charge is -2.16. The first kappa shape index (κ1) is 12.7. The highest BCUT2D eigenvalue weighted by Crippen LogP contribution is 2.36. The Balaban J connectivity index is 3.22. The van der Waals surface area contributed by atoms with Crippen molar-refractivity contribution in [3.63, 3.8) is 0 Å². The molecule has 0 aliphatic heterocycles. The third-order valence-electron chi connectivity index (χ3n) is 2.30. The predicted octanol–water partition coefficient (Wildman–Crippen LogP) is 3.54. The van der Waals surface area contributed by atoms with Crippen LogP contribution in [0.3, 0.4) is 0 Å². The molecule has 0 fully saturated rings. The summed E-state index contributed by atoms with van der Waals surface area (Å²) in [4.78, 5) is 10.3. The summed E-state index contributed by atoms with van der Waals surface area (Å²) in [6, 6.07) is 2.49. The highest BCUT2D eigenvalue weighted by molar-refractivity contribution is 5.52. The number of hydrogen-bond acceptors (Lipinski definition) is 1. The standard InChI is InChI=1S/C11H10F4O/c1-7(4-5-16)9-3-2-8(12)6-10(9)11(13,14)15/h2-3,5-7H,4H2,1H3. The third kappa shape index (κ3) is 2.81. The molecule has 5 heteroatoms. The highest BCUT2D eigenvalue weighted by Gasteiger charge is 2.34. The van der Waals surface area contributed by atoms with E-state index in [0.717, 1.165) is 12.1 Å². The summed E-state index contributed by atoms with van der Waals surface area (Å²) in [5.41, 5.74) is -1.07. The minimum Gasteiger partial charge on any atom is -0.303 e. The van der Waals surface area contributed by atoms with Crippen LogP contribution in [-0.4, -0.2) is 6.29 Å². The number of halogens is 4. The van der Waals surface area contributed by atoms with Crippen LogP contribution in [0.1, 0.15) is 30.4 Å². The molecule has 0 spiro atoms. The fourth-order valence-corrected chi connectivity index (χ4v) is 1.48. The van der Waals surface area contributed by atoms with E-state index in [1.165, 1.54) is 6.92 Å². The van der Waals surface area contributed by atoms with Gasteiger partial charge >= 0.3 is 6.18 Å². The average molecular weight is 234 g/mol. The van der Waals surface area contributed by atoms with Gasteiger partial charge in [0.05, 0.1) is 5.56 Å². The monoisotopic (exact) mass is 234 g/mol. The summed E-state index contributed by atoms with van der Waals surface area (Å²) in [7, 11) is 0. The van der Waals surface area contributed by atoms with E-state index in [0.29, 0.717) is 12.4 Å². The maximum atomic E-state index is 12.8. The van der Waals surface area contributed by atoms with E-state index in [1.807, 2.05) is 0 Å². The molecule has 1 atom stereocenters. The number of aldehydes is 1. The van der Waals surface area contributed by atoms with Crippen molar-refractivity contribution in [2.24, 2.45) is 0 Å². The molecule has 1 unspecified atom stereocenters. The van der Waals surface area contributed by atoms with Crippen molar-refractivity contribution >= 4 is 6.29 Å². The average Bonchev–Trinajstić information content (AvgIpc) is 2.16. The molecule has 16 heavy (non-hydrogen) atoms. The molecule has 0 N–H and O–H groups in total. The molecule has 88 valence electrons. The molecular formula is C11H10F4O. The van der Waals surface area contributed by atoms with Gasteiger partial charge in [-0.15, -0.1) is 0 Å². The van der Waals surface area contributed by atoms with Crippen molar-refractivity contribution in [3.05, 3.63) is 35.1 Å². The van der Waals surface area contributed by atoms with E-state index in [1.54, 1.807) is 0 Å². The molecule has 0 amide bonds. The van der Waals surface area contributed by atoms with Gasteiger partial charge in [0.25, 0.3) is 0 Å². The summed E-state index contributed by atoms with van der Waals surface area (Å²) >= 11 is 0. The Labute approximate surface area is 90.1 Å². The van der Waals surface area contributed by atoms with Crippen molar-refractivity contribution in [3.8, 4) is 0 Å². The smallest absolute Gasteiger partial charge is 0.303 e. The minimum absolute atomic E-state index is 0.0191. The molecule has 1 nitrogen and oxygen atoms in total. The highest BCUT2D eigenvalue weighted by atomic mass is 19.4. The summed E-state index contributed by atoms with van der Waals surface area (Å²) in [6.07, 6.45) is -4.07. The van der Waals surface area contributed by atoms with Crippen LogP contribution in [0.5, 0.6) is 0 Å². The van der Waals surface area contributed by atoms with Crippen LogP contribution in [0.25, 0.3) is 0 Å². The van der Waals surface area contributed by atoms with Crippen molar-refractivity contribution in [1.29, 1.82) is 0 Å². The number of carbonyl (C=O) groups is 1. The fourth-order valence-electron chi connectivity index (χ4n) is 1.48. The molecule has 0 aromatic heterocycles. The van der Waals surface area contributed by atoms with E-state index in [2.05, 4.69) is 0 Å². The number of alkyl halides is 3. The van der Waals surface area contributed by atoms with Gasteiger partial charge in [0.15, 0.2) is 0 Å². The molecule has 0 saturated heterocycles. The molecule has 0 saturated carbocycles. The van der Waals surface area contributed by atoms with Crippen molar-refractivity contribution in [2.45, 2.75) is 25.4 Å². The Morgan fingerprint density at radius 1 is 1.38 bits per heavy atom. The first-order valence-electron chi connectivity index (χ1n) is 4.66. The Kier molecular flexibility index (Phi) is 3.67. The molecule has 0 heterocycles. The Hall–Kier alpha value is -1.39. The lowest BCUT2D eigenvalue weighted by molar-refractivity contribution is -0.138. The lowest BCUT2D eigenvalue weighted by atomic mass is 9.93. The first-order chi connectivity index (χ1) is 7.36. The van der Waals surface area contributed by atoms with Crippen LogP contribution in [0.4, 0.5) is 17.6 Å². The van der Waals surface area contributed by atoms with Crippen LogP contribution in [0, 0.1) is 5.82 Å². The second kappa shape index (κ2) is 4.63. The number of carbonyl (C=O) groups excluding carboxylic acids is 1. The van der Waals surface area contributed by atoms with E-state index < -0.39 is 23.5 Å². The topological polar surface area (TPSA) is 17.1 Å². The second-order valence-electron chi connectivity index (χ2n) is 3.53. The third-order valence-corrected chi connectivity index (χ3v) is 2.30. The fraction of sp³-hybridized carbons (Fsp3) is 0.364. The van der Waals surface area contributed by atoms with E-state index in [4.69, 9.17) is 0 Å². The lowest BCUT2D eigenvalue weighted by Crippen LogP contribution is -2.11. The number of rotatable bonds is 3. The number of hydrogen-bond donors (Lipinski definition) is 0. The van der Waals surface area contributed by atoms with Gasteiger partial charge in [-0.25, -0.2) is 4.39 Å². The maximum absolute atomic E-state index is 12.8. The zero-order chi connectivity index (χ0) is 12.3. The van der Waals surface area contributed by atoms with Crippen LogP contribution >= 0.6 is 0 Å². The molecule has 0 bridgehead atoms. The molecule has 1 aromatic rings. The SMILES string of the molecule is CC(CC=O)c1ccc(F)cc1C(F)(F)F. The number of benzene rings is 1. The molecule has 0 radical (unpaired) electrons. The summed E-state index contributed by atoms with van der Waals surface area (Å²) < 4.78 is 50.5. The summed E-state index contributed by atoms with van der Waals surface area (Å²) in [5.74, 6) is -1.51. The molecular weight excluding hydrogens is 224 g/mol. The van der Waals surface area contributed by atoms with E-state index in [9.17, 15) is 22.4 Å². The van der Waals surface area contributed by atoms with Gasteiger partial charge in [-0.2, -0.15) is 13.2 Å². The van der Waals surface area contributed by atoms with Gasteiger partial charge in [-0.3, -0.25) is 0 Å². The van der Waals surface area contributed by atoms with Crippen molar-refractivity contribution < 1.29 is 22.4 Å². The van der Waals surface area contributed by atoms with Gasteiger partial charge in [0, 0.05) is 6.42 Å². The minimum atomic E-state index is -4.60.